The van der Waals surface area contributed by atoms with Gasteiger partial charge in [-0.3, -0.25) is 0 Å². The standard InChI is InChI=1S/C16H29N3O/c1-5-18(6-2)11-8-12-19(7-3)16-10-9-15(13-17-16)14(4)20/h9-10,13-14,20H,5-8,11-12H2,1-4H3/t14-/m1/s1. The van der Waals surface area contributed by atoms with Crippen LogP contribution in [0.5, 0.6) is 0 Å². The maximum absolute atomic E-state index is 9.51. The van der Waals surface area contributed by atoms with Crippen molar-refractivity contribution in [3.63, 3.8) is 0 Å². The largest absolute Gasteiger partial charge is 0.389 e. The zero-order valence-corrected chi connectivity index (χ0v) is 13.3. The van der Waals surface area contributed by atoms with Crippen LogP contribution in [0.3, 0.4) is 0 Å². The van der Waals surface area contributed by atoms with E-state index in [0.29, 0.717) is 0 Å². The lowest BCUT2D eigenvalue weighted by Gasteiger charge is -2.24. The molecule has 1 aromatic heterocycles. The van der Waals surface area contributed by atoms with Gasteiger partial charge in [-0.25, -0.2) is 4.98 Å². The summed E-state index contributed by atoms with van der Waals surface area (Å²) in [6.45, 7) is 13.7. The molecule has 1 N–H and O–H groups in total. The maximum Gasteiger partial charge on any atom is 0.128 e. The van der Waals surface area contributed by atoms with Gasteiger partial charge in [0.05, 0.1) is 6.10 Å². The van der Waals surface area contributed by atoms with Crippen LogP contribution in [0.25, 0.3) is 0 Å². The Hall–Kier alpha value is -1.13. The third-order valence-electron chi connectivity index (χ3n) is 3.76. The van der Waals surface area contributed by atoms with Crippen molar-refractivity contribution in [3.05, 3.63) is 23.9 Å². The highest BCUT2D eigenvalue weighted by Crippen LogP contribution is 2.16. The normalized spacial score (nSPS) is 12.7. The predicted octanol–water partition coefficient (Wildman–Crippen LogP) is 2.69. The highest BCUT2D eigenvalue weighted by Gasteiger charge is 2.08. The second-order valence-corrected chi connectivity index (χ2v) is 5.09. The Labute approximate surface area is 123 Å². The van der Waals surface area contributed by atoms with Crippen LogP contribution in [0.2, 0.25) is 0 Å². The molecule has 0 aliphatic carbocycles. The van der Waals surface area contributed by atoms with Crippen LogP contribution in [0.1, 0.15) is 45.8 Å². The molecule has 20 heavy (non-hydrogen) atoms. The third kappa shape index (κ3) is 5.10. The van der Waals surface area contributed by atoms with Gasteiger partial charge in [0.15, 0.2) is 0 Å². The second-order valence-electron chi connectivity index (χ2n) is 5.09. The Morgan fingerprint density at radius 3 is 2.25 bits per heavy atom. The predicted molar refractivity (Wildman–Crippen MR) is 85.2 cm³/mol. The summed E-state index contributed by atoms with van der Waals surface area (Å²) < 4.78 is 0. The van der Waals surface area contributed by atoms with Crippen molar-refractivity contribution in [2.45, 2.75) is 40.2 Å². The number of aromatic nitrogens is 1. The minimum Gasteiger partial charge on any atom is -0.389 e. The first kappa shape index (κ1) is 16.9. The Balaban J connectivity index is 2.53. The molecule has 0 spiro atoms. The SMILES string of the molecule is CCN(CC)CCCN(CC)c1ccc([C@@H](C)O)cn1. The molecular weight excluding hydrogens is 250 g/mol. The molecule has 0 unspecified atom stereocenters. The monoisotopic (exact) mass is 279 g/mol. The van der Waals surface area contributed by atoms with Crippen molar-refractivity contribution < 1.29 is 5.11 Å². The molecule has 114 valence electrons. The summed E-state index contributed by atoms with van der Waals surface area (Å²) in [5.74, 6) is 0.997. The van der Waals surface area contributed by atoms with E-state index in [9.17, 15) is 5.11 Å². The number of aliphatic hydroxyl groups excluding tert-OH is 1. The Morgan fingerprint density at radius 2 is 1.80 bits per heavy atom. The average molecular weight is 279 g/mol. The van der Waals surface area contributed by atoms with Crippen LogP contribution in [0.4, 0.5) is 5.82 Å². The Kier molecular flexibility index (Phi) is 7.55. The molecule has 0 aliphatic heterocycles. The maximum atomic E-state index is 9.51. The lowest BCUT2D eigenvalue weighted by Crippen LogP contribution is -2.30. The fraction of sp³-hybridized carbons (Fsp3) is 0.688. The summed E-state index contributed by atoms with van der Waals surface area (Å²) in [4.78, 5) is 9.19. The summed E-state index contributed by atoms with van der Waals surface area (Å²) in [6.07, 6.45) is 2.47. The molecule has 1 aromatic rings. The smallest absolute Gasteiger partial charge is 0.128 e. The molecule has 1 atom stereocenters. The number of anilines is 1. The zero-order chi connectivity index (χ0) is 15.0. The second kappa shape index (κ2) is 8.93. The van der Waals surface area contributed by atoms with E-state index >= 15 is 0 Å². The van der Waals surface area contributed by atoms with Gasteiger partial charge in [0.1, 0.15) is 5.82 Å². The summed E-state index contributed by atoms with van der Waals surface area (Å²) in [5.41, 5.74) is 0.868. The van der Waals surface area contributed by atoms with E-state index in [4.69, 9.17) is 0 Å². The van der Waals surface area contributed by atoms with Crippen molar-refractivity contribution in [1.29, 1.82) is 0 Å². The molecular formula is C16H29N3O. The van der Waals surface area contributed by atoms with Gasteiger partial charge in [0.2, 0.25) is 0 Å². The molecule has 0 aliphatic rings. The first-order valence-electron chi connectivity index (χ1n) is 7.73. The van der Waals surface area contributed by atoms with Gasteiger partial charge in [-0.05, 0) is 51.5 Å². The number of aliphatic hydroxyl groups is 1. The fourth-order valence-electron chi connectivity index (χ4n) is 2.29. The number of pyridine rings is 1. The first-order chi connectivity index (χ1) is 9.62. The third-order valence-corrected chi connectivity index (χ3v) is 3.76. The molecule has 4 nitrogen and oxygen atoms in total. The van der Waals surface area contributed by atoms with E-state index in [-0.39, 0.29) is 0 Å². The van der Waals surface area contributed by atoms with Gasteiger partial charge in [0.25, 0.3) is 0 Å². The topological polar surface area (TPSA) is 39.6 Å². The van der Waals surface area contributed by atoms with Crippen LogP contribution in [0.15, 0.2) is 18.3 Å². The highest BCUT2D eigenvalue weighted by atomic mass is 16.3. The lowest BCUT2D eigenvalue weighted by atomic mass is 10.2. The van der Waals surface area contributed by atoms with Crippen LogP contribution < -0.4 is 4.90 Å². The molecule has 0 amide bonds. The van der Waals surface area contributed by atoms with Crippen molar-refractivity contribution in [1.82, 2.24) is 9.88 Å². The minimum atomic E-state index is -0.450. The molecule has 0 fully saturated rings. The van der Waals surface area contributed by atoms with E-state index in [0.717, 1.165) is 50.5 Å². The van der Waals surface area contributed by atoms with Crippen molar-refractivity contribution >= 4 is 5.82 Å². The molecule has 0 saturated heterocycles. The molecule has 4 heteroatoms. The van der Waals surface area contributed by atoms with Crippen LogP contribution in [-0.2, 0) is 0 Å². The average Bonchev–Trinajstić information content (AvgIpc) is 2.48. The summed E-state index contributed by atoms with van der Waals surface area (Å²) in [7, 11) is 0. The van der Waals surface area contributed by atoms with E-state index in [1.54, 1.807) is 13.1 Å². The molecule has 0 radical (unpaired) electrons. The van der Waals surface area contributed by atoms with Crippen LogP contribution in [0, 0.1) is 0 Å². The van der Waals surface area contributed by atoms with E-state index in [1.807, 2.05) is 12.1 Å². The number of nitrogens with zero attached hydrogens (tertiary/aromatic N) is 3. The van der Waals surface area contributed by atoms with Gasteiger partial charge in [-0.15, -0.1) is 0 Å². The minimum absolute atomic E-state index is 0.450. The zero-order valence-electron chi connectivity index (χ0n) is 13.3. The first-order valence-corrected chi connectivity index (χ1v) is 7.73. The molecule has 0 aromatic carbocycles. The summed E-state index contributed by atoms with van der Waals surface area (Å²) in [6, 6.07) is 3.96. The lowest BCUT2D eigenvalue weighted by molar-refractivity contribution is 0.199. The van der Waals surface area contributed by atoms with E-state index < -0.39 is 6.10 Å². The summed E-state index contributed by atoms with van der Waals surface area (Å²) in [5, 5.41) is 9.51. The van der Waals surface area contributed by atoms with Gasteiger partial charge >= 0.3 is 0 Å². The van der Waals surface area contributed by atoms with Gasteiger partial charge in [0, 0.05) is 19.3 Å². The fourth-order valence-corrected chi connectivity index (χ4v) is 2.29. The van der Waals surface area contributed by atoms with Gasteiger partial charge in [-0.2, -0.15) is 0 Å². The van der Waals surface area contributed by atoms with Gasteiger partial charge < -0.3 is 14.9 Å². The molecule has 1 heterocycles. The Bertz CT molecular complexity index is 360. The molecule has 1 rings (SSSR count). The summed E-state index contributed by atoms with van der Waals surface area (Å²) >= 11 is 0. The quantitative estimate of drug-likeness (QED) is 0.754. The van der Waals surface area contributed by atoms with Crippen molar-refractivity contribution in [3.8, 4) is 0 Å². The molecule has 0 bridgehead atoms. The van der Waals surface area contributed by atoms with Crippen molar-refractivity contribution in [2.75, 3.05) is 37.6 Å². The van der Waals surface area contributed by atoms with E-state index in [1.165, 1.54) is 0 Å². The highest BCUT2D eigenvalue weighted by molar-refractivity contribution is 5.39. The molecule has 0 saturated carbocycles. The van der Waals surface area contributed by atoms with Crippen LogP contribution >= 0.6 is 0 Å². The van der Waals surface area contributed by atoms with Crippen molar-refractivity contribution in [2.24, 2.45) is 0 Å². The van der Waals surface area contributed by atoms with Gasteiger partial charge in [-0.1, -0.05) is 19.9 Å². The number of rotatable bonds is 9. The Morgan fingerprint density at radius 1 is 1.10 bits per heavy atom. The number of hydrogen-bond acceptors (Lipinski definition) is 4. The van der Waals surface area contributed by atoms with E-state index in [2.05, 4.69) is 35.6 Å². The van der Waals surface area contributed by atoms with Crippen LogP contribution in [-0.4, -0.2) is 47.7 Å². The number of hydrogen-bond donors (Lipinski definition) is 1.